The highest BCUT2D eigenvalue weighted by Crippen LogP contribution is 2.25. The van der Waals surface area contributed by atoms with Gasteiger partial charge in [0.25, 0.3) is 0 Å². The molecule has 4 heteroatoms. The highest BCUT2D eigenvalue weighted by Gasteiger charge is 2.08. The highest BCUT2D eigenvalue weighted by atomic mass is 35.5. The number of aryl methyl sites for hydroxylation is 2. The molecule has 0 unspecified atom stereocenters. The van der Waals surface area contributed by atoms with Gasteiger partial charge in [0.05, 0.1) is 24.0 Å². The summed E-state index contributed by atoms with van der Waals surface area (Å²) >= 11 is 5.70. The van der Waals surface area contributed by atoms with Crippen LogP contribution in [0, 0.1) is 13.8 Å². The van der Waals surface area contributed by atoms with Crippen LogP contribution in [0.1, 0.15) is 16.8 Å². The maximum absolute atomic E-state index is 5.70. The summed E-state index contributed by atoms with van der Waals surface area (Å²) in [5.74, 6) is 1.21. The maximum Gasteiger partial charge on any atom is 0.151 e. The second-order valence-electron chi connectivity index (χ2n) is 4.35. The Bertz CT molecular complexity index is 537. The third-order valence-electron chi connectivity index (χ3n) is 2.89. The summed E-state index contributed by atoms with van der Waals surface area (Å²) in [6.45, 7) is 4.19. The van der Waals surface area contributed by atoms with Crippen LogP contribution < -0.4 is 4.90 Å². The van der Waals surface area contributed by atoms with Gasteiger partial charge in [0.15, 0.2) is 5.82 Å². The van der Waals surface area contributed by atoms with Gasteiger partial charge >= 0.3 is 0 Å². The molecule has 0 bridgehead atoms. The number of aromatic nitrogens is 2. The van der Waals surface area contributed by atoms with Crippen molar-refractivity contribution in [2.24, 2.45) is 0 Å². The molecule has 1 heterocycles. The first-order valence-corrected chi connectivity index (χ1v) is 6.33. The number of halogens is 1. The van der Waals surface area contributed by atoms with Gasteiger partial charge in [0.2, 0.25) is 0 Å². The van der Waals surface area contributed by atoms with E-state index in [1.807, 2.05) is 11.9 Å². The normalized spacial score (nSPS) is 10.4. The first-order valence-electron chi connectivity index (χ1n) is 5.79. The van der Waals surface area contributed by atoms with Crippen molar-refractivity contribution < 1.29 is 0 Å². The van der Waals surface area contributed by atoms with Gasteiger partial charge in [-0.05, 0) is 25.5 Å². The Balaban J connectivity index is 2.31. The first kappa shape index (κ1) is 12.8. The van der Waals surface area contributed by atoms with Crippen molar-refractivity contribution >= 4 is 23.1 Å². The van der Waals surface area contributed by atoms with Crippen molar-refractivity contribution in [1.82, 2.24) is 9.97 Å². The molecule has 94 valence electrons. The molecule has 0 saturated heterocycles. The molecule has 0 spiro atoms. The number of rotatable bonds is 3. The summed E-state index contributed by atoms with van der Waals surface area (Å²) in [6, 6.07) is 6.35. The average molecular weight is 262 g/mol. The standard InChI is InChI=1S/C14H16ClN3/c1-10-4-5-13(11(2)6-10)18(3)14-9-16-12(7-15)8-17-14/h4-6,8-9H,7H2,1-3H3. The molecule has 1 aromatic heterocycles. The van der Waals surface area contributed by atoms with Crippen LogP contribution in [0.25, 0.3) is 0 Å². The Hall–Kier alpha value is -1.61. The topological polar surface area (TPSA) is 29.0 Å². The lowest BCUT2D eigenvalue weighted by Gasteiger charge is -2.20. The van der Waals surface area contributed by atoms with Gasteiger partial charge in [0.1, 0.15) is 0 Å². The van der Waals surface area contributed by atoms with Crippen LogP contribution in [-0.2, 0) is 5.88 Å². The molecule has 0 saturated carbocycles. The lowest BCUT2D eigenvalue weighted by molar-refractivity contribution is 1.04. The van der Waals surface area contributed by atoms with Crippen LogP contribution in [0.15, 0.2) is 30.6 Å². The molecule has 0 aliphatic heterocycles. The van der Waals surface area contributed by atoms with Gasteiger partial charge in [0, 0.05) is 12.7 Å². The highest BCUT2D eigenvalue weighted by molar-refractivity contribution is 6.16. The van der Waals surface area contributed by atoms with E-state index in [-0.39, 0.29) is 0 Å². The SMILES string of the molecule is Cc1ccc(N(C)c2cnc(CCl)cn2)c(C)c1. The molecule has 0 amide bonds. The summed E-state index contributed by atoms with van der Waals surface area (Å²) in [5, 5.41) is 0. The fourth-order valence-electron chi connectivity index (χ4n) is 1.90. The van der Waals surface area contributed by atoms with Crippen molar-refractivity contribution in [2.75, 3.05) is 11.9 Å². The van der Waals surface area contributed by atoms with Crippen molar-refractivity contribution in [1.29, 1.82) is 0 Å². The summed E-state index contributed by atoms with van der Waals surface area (Å²) in [4.78, 5) is 10.7. The van der Waals surface area contributed by atoms with Gasteiger partial charge in [-0.1, -0.05) is 17.7 Å². The van der Waals surface area contributed by atoms with E-state index in [0.717, 1.165) is 17.2 Å². The van der Waals surface area contributed by atoms with Crippen molar-refractivity contribution in [3.05, 3.63) is 47.4 Å². The van der Waals surface area contributed by atoms with E-state index in [0.29, 0.717) is 5.88 Å². The molecule has 0 N–H and O–H groups in total. The largest absolute Gasteiger partial charge is 0.328 e. The monoisotopic (exact) mass is 261 g/mol. The van der Waals surface area contributed by atoms with E-state index >= 15 is 0 Å². The number of alkyl halides is 1. The van der Waals surface area contributed by atoms with Crippen molar-refractivity contribution in [3.8, 4) is 0 Å². The minimum absolute atomic E-state index is 0.389. The van der Waals surface area contributed by atoms with E-state index in [4.69, 9.17) is 11.6 Å². The predicted octanol–water partition coefficient (Wildman–Crippen LogP) is 3.60. The minimum Gasteiger partial charge on any atom is -0.328 e. The molecular formula is C14H16ClN3. The van der Waals surface area contributed by atoms with Crippen molar-refractivity contribution in [2.45, 2.75) is 19.7 Å². The second kappa shape index (κ2) is 5.36. The molecule has 0 fully saturated rings. The second-order valence-corrected chi connectivity index (χ2v) is 4.62. The van der Waals surface area contributed by atoms with Crippen LogP contribution in [-0.4, -0.2) is 17.0 Å². The smallest absolute Gasteiger partial charge is 0.151 e. The number of hydrogen-bond donors (Lipinski definition) is 0. The lowest BCUT2D eigenvalue weighted by atomic mass is 10.1. The molecule has 0 aliphatic rings. The molecule has 0 radical (unpaired) electrons. The zero-order valence-electron chi connectivity index (χ0n) is 10.8. The van der Waals surface area contributed by atoms with E-state index in [1.165, 1.54) is 11.1 Å². The number of benzene rings is 1. The van der Waals surface area contributed by atoms with Crippen LogP contribution in [0.2, 0.25) is 0 Å². The van der Waals surface area contributed by atoms with Crippen LogP contribution in [0.5, 0.6) is 0 Å². The molecule has 2 aromatic rings. The number of nitrogens with zero attached hydrogens (tertiary/aromatic N) is 3. The molecule has 2 rings (SSSR count). The molecule has 3 nitrogen and oxygen atoms in total. The Labute approximate surface area is 112 Å². The Morgan fingerprint density at radius 3 is 2.50 bits per heavy atom. The van der Waals surface area contributed by atoms with Crippen LogP contribution >= 0.6 is 11.6 Å². The Kier molecular flexibility index (Phi) is 3.82. The van der Waals surface area contributed by atoms with Gasteiger partial charge in [-0.25, -0.2) is 4.98 Å². The maximum atomic E-state index is 5.70. The Morgan fingerprint density at radius 1 is 1.17 bits per heavy atom. The minimum atomic E-state index is 0.389. The summed E-state index contributed by atoms with van der Waals surface area (Å²) < 4.78 is 0. The predicted molar refractivity (Wildman–Crippen MR) is 75.6 cm³/mol. The third-order valence-corrected chi connectivity index (χ3v) is 3.16. The molecular weight excluding hydrogens is 246 g/mol. The molecule has 18 heavy (non-hydrogen) atoms. The van der Waals surface area contributed by atoms with Crippen molar-refractivity contribution in [3.63, 3.8) is 0 Å². The summed E-state index contributed by atoms with van der Waals surface area (Å²) in [7, 11) is 1.99. The van der Waals surface area contributed by atoms with E-state index in [2.05, 4.69) is 42.0 Å². The van der Waals surface area contributed by atoms with Crippen LogP contribution in [0.4, 0.5) is 11.5 Å². The Morgan fingerprint density at radius 2 is 1.94 bits per heavy atom. The van der Waals surface area contributed by atoms with Gasteiger partial charge in [-0.15, -0.1) is 11.6 Å². The first-order chi connectivity index (χ1) is 8.61. The van der Waals surface area contributed by atoms with E-state index in [9.17, 15) is 0 Å². The fourth-order valence-corrected chi connectivity index (χ4v) is 2.03. The van der Waals surface area contributed by atoms with Crippen LogP contribution in [0.3, 0.4) is 0 Å². The number of hydrogen-bond acceptors (Lipinski definition) is 3. The zero-order chi connectivity index (χ0) is 13.1. The lowest BCUT2D eigenvalue weighted by Crippen LogP contribution is -2.13. The molecule has 0 aliphatic carbocycles. The van der Waals surface area contributed by atoms with E-state index < -0.39 is 0 Å². The van der Waals surface area contributed by atoms with E-state index in [1.54, 1.807) is 12.4 Å². The quantitative estimate of drug-likeness (QED) is 0.791. The fraction of sp³-hybridized carbons (Fsp3) is 0.286. The number of anilines is 2. The summed E-state index contributed by atoms with van der Waals surface area (Å²) in [5.41, 5.74) is 4.40. The third kappa shape index (κ3) is 2.62. The van der Waals surface area contributed by atoms with Gasteiger partial charge < -0.3 is 4.90 Å². The zero-order valence-corrected chi connectivity index (χ0v) is 11.6. The molecule has 0 atom stereocenters. The molecule has 1 aromatic carbocycles. The summed E-state index contributed by atoms with van der Waals surface area (Å²) in [6.07, 6.45) is 3.46. The average Bonchev–Trinajstić information content (AvgIpc) is 2.38. The van der Waals surface area contributed by atoms with Gasteiger partial charge in [-0.2, -0.15) is 0 Å². The van der Waals surface area contributed by atoms with Gasteiger partial charge in [-0.3, -0.25) is 4.98 Å².